The molecule has 1 amide bonds. The summed E-state index contributed by atoms with van der Waals surface area (Å²) >= 11 is 0. The van der Waals surface area contributed by atoms with Crippen LogP contribution in [-0.4, -0.2) is 33.5 Å². The number of nitrogens with zero attached hydrogens (tertiary/aromatic N) is 3. The number of ether oxygens (including phenoxy) is 1. The predicted octanol–water partition coefficient (Wildman–Crippen LogP) is 3.36. The molecule has 8 heteroatoms. The van der Waals surface area contributed by atoms with Crippen LogP contribution >= 0.6 is 0 Å². The zero-order valence-electron chi connectivity index (χ0n) is 16.5. The van der Waals surface area contributed by atoms with Crippen molar-refractivity contribution in [2.45, 2.75) is 19.9 Å². The summed E-state index contributed by atoms with van der Waals surface area (Å²) in [7, 11) is 0. The monoisotopic (exact) mass is 404 g/mol. The molecule has 0 fully saturated rings. The van der Waals surface area contributed by atoms with E-state index in [0.29, 0.717) is 11.5 Å². The molecule has 0 aliphatic carbocycles. The van der Waals surface area contributed by atoms with E-state index in [0.717, 1.165) is 16.7 Å². The fourth-order valence-corrected chi connectivity index (χ4v) is 3.01. The van der Waals surface area contributed by atoms with Crippen LogP contribution < -0.4 is 5.32 Å². The zero-order valence-corrected chi connectivity index (χ0v) is 16.5. The Morgan fingerprint density at radius 3 is 2.60 bits per heavy atom. The van der Waals surface area contributed by atoms with E-state index in [-0.39, 0.29) is 11.7 Å². The second kappa shape index (κ2) is 8.20. The molecule has 30 heavy (non-hydrogen) atoms. The molecule has 0 aliphatic heterocycles. The first-order valence-corrected chi connectivity index (χ1v) is 9.45. The van der Waals surface area contributed by atoms with Gasteiger partial charge in [0.2, 0.25) is 0 Å². The van der Waals surface area contributed by atoms with E-state index in [1.165, 1.54) is 4.80 Å². The molecule has 8 nitrogen and oxygen atoms in total. The Balaban J connectivity index is 1.35. The molecule has 0 saturated heterocycles. The van der Waals surface area contributed by atoms with Gasteiger partial charge in [-0.05, 0) is 38.1 Å². The third-order valence-electron chi connectivity index (χ3n) is 4.55. The van der Waals surface area contributed by atoms with Crippen LogP contribution in [0.2, 0.25) is 0 Å². The largest absolute Gasteiger partial charge is 0.459 e. The van der Waals surface area contributed by atoms with E-state index in [9.17, 15) is 9.59 Å². The van der Waals surface area contributed by atoms with Crippen LogP contribution in [0, 0.1) is 6.92 Å². The number of aromatic nitrogens is 3. The predicted molar refractivity (Wildman–Crippen MR) is 109 cm³/mol. The third-order valence-corrected chi connectivity index (χ3v) is 4.55. The first-order chi connectivity index (χ1) is 14.5. The van der Waals surface area contributed by atoms with Gasteiger partial charge in [-0.15, -0.1) is 5.10 Å². The number of carbonyl (C=O) groups excluding carboxylic acids is 2. The number of rotatable bonds is 6. The lowest BCUT2D eigenvalue weighted by atomic mass is 10.2. The number of aryl methyl sites for hydroxylation is 1. The quantitative estimate of drug-likeness (QED) is 0.495. The van der Waals surface area contributed by atoms with Gasteiger partial charge in [0.1, 0.15) is 11.3 Å². The zero-order chi connectivity index (χ0) is 21.1. The molecule has 4 aromatic rings. The first kappa shape index (κ1) is 19.4. The third kappa shape index (κ3) is 4.07. The van der Waals surface area contributed by atoms with Crippen molar-refractivity contribution in [2.24, 2.45) is 0 Å². The summed E-state index contributed by atoms with van der Waals surface area (Å²) in [4.78, 5) is 25.9. The van der Waals surface area contributed by atoms with E-state index >= 15 is 0 Å². The summed E-state index contributed by atoms with van der Waals surface area (Å²) in [6.45, 7) is 3.03. The fourth-order valence-electron chi connectivity index (χ4n) is 3.01. The minimum Gasteiger partial charge on any atom is -0.459 e. The van der Waals surface area contributed by atoms with Gasteiger partial charge in [-0.2, -0.15) is 9.90 Å². The van der Waals surface area contributed by atoms with Crippen molar-refractivity contribution in [3.63, 3.8) is 0 Å². The molecule has 2 heterocycles. The van der Waals surface area contributed by atoms with Crippen molar-refractivity contribution in [1.82, 2.24) is 20.3 Å². The summed E-state index contributed by atoms with van der Waals surface area (Å²) in [6, 6.07) is 18.3. The highest BCUT2D eigenvalue weighted by Crippen LogP contribution is 2.23. The second-order valence-corrected chi connectivity index (χ2v) is 6.81. The normalized spacial score (nSPS) is 11.9. The highest BCUT2D eigenvalue weighted by molar-refractivity contribution is 5.90. The van der Waals surface area contributed by atoms with Gasteiger partial charge in [0.25, 0.3) is 5.91 Å². The molecule has 0 radical (unpaired) electrons. The topological polar surface area (TPSA) is 99.3 Å². The van der Waals surface area contributed by atoms with Crippen molar-refractivity contribution < 1.29 is 18.7 Å². The Morgan fingerprint density at radius 2 is 1.83 bits per heavy atom. The highest BCUT2D eigenvalue weighted by atomic mass is 16.5. The molecule has 0 spiro atoms. The number of esters is 1. The highest BCUT2D eigenvalue weighted by Gasteiger charge is 2.20. The van der Waals surface area contributed by atoms with Crippen LogP contribution in [0.4, 0.5) is 0 Å². The van der Waals surface area contributed by atoms with E-state index in [4.69, 9.17) is 9.15 Å². The Hall–Kier alpha value is -3.94. The minimum absolute atomic E-state index is 0.0667. The van der Waals surface area contributed by atoms with Crippen LogP contribution in [0.25, 0.3) is 16.7 Å². The van der Waals surface area contributed by atoms with Crippen LogP contribution in [-0.2, 0) is 9.53 Å². The Bertz CT molecular complexity index is 1160. The molecule has 4 rings (SSSR count). The van der Waals surface area contributed by atoms with E-state index < -0.39 is 18.5 Å². The number of fused-ring (bicyclic) bond motifs is 1. The maximum absolute atomic E-state index is 12.4. The number of hydrogen-bond acceptors (Lipinski definition) is 6. The smallest absolute Gasteiger partial charge is 0.361 e. The SMILES string of the molecule is Cc1nn(-c2ccccc2)nc1C(=O)OCC(=O)N[C@H](C)c1cc2ccccc2o1. The van der Waals surface area contributed by atoms with Gasteiger partial charge < -0.3 is 14.5 Å². The average molecular weight is 404 g/mol. The van der Waals surface area contributed by atoms with Gasteiger partial charge in [0, 0.05) is 5.39 Å². The molecular formula is C22H20N4O4. The first-order valence-electron chi connectivity index (χ1n) is 9.45. The van der Waals surface area contributed by atoms with Gasteiger partial charge in [0.15, 0.2) is 12.3 Å². The molecule has 152 valence electrons. The number of nitrogens with one attached hydrogen (secondary N) is 1. The summed E-state index contributed by atoms with van der Waals surface area (Å²) in [6.07, 6.45) is 0. The second-order valence-electron chi connectivity index (χ2n) is 6.81. The number of benzene rings is 2. The average Bonchev–Trinajstić information content (AvgIpc) is 3.36. The van der Waals surface area contributed by atoms with Crippen LogP contribution in [0.3, 0.4) is 0 Å². The summed E-state index contributed by atoms with van der Waals surface area (Å²) < 4.78 is 10.9. The molecule has 0 unspecified atom stereocenters. The molecule has 1 atom stereocenters. The van der Waals surface area contributed by atoms with Crippen molar-refractivity contribution in [3.05, 3.63) is 77.8 Å². The van der Waals surface area contributed by atoms with Gasteiger partial charge in [-0.1, -0.05) is 36.4 Å². The molecule has 0 aliphatic rings. The van der Waals surface area contributed by atoms with E-state index in [1.807, 2.05) is 60.7 Å². The van der Waals surface area contributed by atoms with Gasteiger partial charge in [-0.3, -0.25) is 4.79 Å². The lowest BCUT2D eigenvalue weighted by molar-refractivity contribution is -0.125. The lowest BCUT2D eigenvalue weighted by Gasteiger charge is -2.11. The van der Waals surface area contributed by atoms with Crippen molar-refractivity contribution in [3.8, 4) is 5.69 Å². The molecule has 2 aromatic heterocycles. The minimum atomic E-state index is -0.707. The molecule has 2 aromatic carbocycles. The Morgan fingerprint density at radius 1 is 1.10 bits per heavy atom. The summed E-state index contributed by atoms with van der Waals surface area (Å²) in [5, 5.41) is 12.1. The van der Waals surface area contributed by atoms with Gasteiger partial charge in [0.05, 0.1) is 17.4 Å². The molecular weight excluding hydrogens is 384 g/mol. The van der Waals surface area contributed by atoms with Gasteiger partial charge >= 0.3 is 5.97 Å². The maximum Gasteiger partial charge on any atom is 0.361 e. The summed E-state index contributed by atoms with van der Waals surface area (Å²) in [5.41, 5.74) is 1.95. The van der Waals surface area contributed by atoms with Crippen molar-refractivity contribution >= 4 is 22.8 Å². The standard InChI is InChI=1S/C22H20N4O4/c1-14(19-12-16-8-6-7-11-18(16)30-19)23-20(27)13-29-22(28)21-15(2)24-26(25-21)17-9-4-3-5-10-17/h3-12,14H,13H2,1-2H3,(H,23,27)/t14-/m1/s1. The van der Waals surface area contributed by atoms with Crippen LogP contribution in [0.15, 0.2) is 65.1 Å². The Kier molecular flexibility index (Phi) is 5.30. The number of para-hydroxylation sites is 2. The summed E-state index contributed by atoms with van der Waals surface area (Å²) in [5.74, 6) is -0.525. The number of carbonyl (C=O) groups is 2. The van der Waals surface area contributed by atoms with Crippen molar-refractivity contribution in [2.75, 3.05) is 6.61 Å². The number of hydrogen-bond donors (Lipinski definition) is 1. The maximum atomic E-state index is 12.4. The van der Waals surface area contributed by atoms with Gasteiger partial charge in [-0.25, -0.2) is 4.79 Å². The lowest BCUT2D eigenvalue weighted by Crippen LogP contribution is -2.31. The molecule has 0 bridgehead atoms. The van der Waals surface area contributed by atoms with Crippen LogP contribution in [0.5, 0.6) is 0 Å². The Labute approximate surface area is 172 Å². The van der Waals surface area contributed by atoms with E-state index in [2.05, 4.69) is 15.5 Å². The fraction of sp³-hybridized carbons (Fsp3) is 0.182. The number of furan rings is 1. The van der Waals surface area contributed by atoms with Crippen LogP contribution in [0.1, 0.15) is 34.9 Å². The molecule has 0 saturated carbocycles. The van der Waals surface area contributed by atoms with Crippen molar-refractivity contribution in [1.29, 1.82) is 0 Å². The molecule has 1 N–H and O–H groups in total. The number of amides is 1. The van der Waals surface area contributed by atoms with E-state index in [1.54, 1.807) is 13.8 Å².